The summed E-state index contributed by atoms with van der Waals surface area (Å²) in [6.45, 7) is 0.697. The van der Waals surface area contributed by atoms with Crippen LogP contribution in [0.3, 0.4) is 0 Å². The van der Waals surface area contributed by atoms with Crippen LogP contribution in [0.4, 0.5) is 0 Å². The predicted molar refractivity (Wildman–Crippen MR) is 99.0 cm³/mol. The van der Waals surface area contributed by atoms with Crippen molar-refractivity contribution in [3.63, 3.8) is 0 Å². The average molecular weight is 377 g/mol. The van der Waals surface area contributed by atoms with E-state index in [-0.39, 0.29) is 17.6 Å². The van der Waals surface area contributed by atoms with Crippen LogP contribution in [0.15, 0.2) is 11.4 Å². The van der Waals surface area contributed by atoms with Crippen LogP contribution in [0.1, 0.15) is 36.1 Å². The van der Waals surface area contributed by atoms with E-state index < -0.39 is 6.04 Å². The second kappa shape index (κ2) is 7.29. The summed E-state index contributed by atoms with van der Waals surface area (Å²) >= 11 is 3.18. The number of aromatic nitrogens is 2. The van der Waals surface area contributed by atoms with Gasteiger partial charge in [0.1, 0.15) is 22.2 Å². The highest BCUT2D eigenvalue weighted by molar-refractivity contribution is 8.00. The quantitative estimate of drug-likeness (QED) is 0.630. The van der Waals surface area contributed by atoms with Gasteiger partial charge in [0.25, 0.3) is 0 Å². The van der Waals surface area contributed by atoms with Gasteiger partial charge in [-0.15, -0.1) is 11.3 Å². The number of carbonyl (C=O) groups is 2. The Morgan fingerprint density at radius 1 is 1.32 bits per heavy atom. The van der Waals surface area contributed by atoms with Gasteiger partial charge in [-0.25, -0.2) is 9.97 Å². The summed E-state index contributed by atoms with van der Waals surface area (Å²) in [5, 5.41) is 7.71. The van der Waals surface area contributed by atoms with Gasteiger partial charge in [0.05, 0.1) is 5.75 Å². The molecule has 2 aliphatic rings. The van der Waals surface area contributed by atoms with Gasteiger partial charge < -0.3 is 10.6 Å². The van der Waals surface area contributed by atoms with Crippen molar-refractivity contribution in [2.75, 3.05) is 12.3 Å². The van der Waals surface area contributed by atoms with Crippen LogP contribution < -0.4 is 10.6 Å². The molecule has 4 rings (SSSR count). The van der Waals surface area contributed by atoms with Crippen molar-refractivity contribution in [2.24, 2.45) is 0 Å². The van der Waals surface area contributed by atoms with Crippen molar-refractivity contribution in [3.05, 3.63) is 16.8 Å². The standard InChI is InChI=1S/C17H20N4O2S2/c22-13(21-11-5-1-2-7-18-15(11)23)8-24-16-14-10-4-3-6-12(10)25-17(14)20-9-19-16/h9,11H,1-8H2,(H,18,23)(H,21,22)/t11-/m1/s1. The van der Waals surface area contributed by atoms with Gasteiger partial charge in [-0.1, -0.05) is 11.8 Å². The maximum absolute atomic E-state index is 12.3. The van der Waals surface area contributed by atoms with Crippen LogP contribution in [-0.4, -0.2) is 40.1 Å². The Hall–Kier alpha value is -1.67. The van der Waals surface area contributed by atoms with E-state index in [4.69, 9.17) is 0 Å². The molecule has 0 spiro atoms. The van der Waals surface area contributed by atoms with E-state index in [9.17, 15) is 9.59 Å². The van der Waals surface area contributed by atoms with Crippen molar-refractivity contribution in [1.82, 2.24) is 20.6 Å². The summed E-state index contributed by atoms with van der Waals surface area (Å²) in [6, 6.07) is -0.411. The molecule has 8 heteroatoms. The van der Waals surface area contributed by atoms with Crippen LogP contribution in [0.5, 0.6) is 0 Å². The fraction of sp³-hybridized carbons (Fsp3) is 0.529. The summed E-state index contributed by atoms with van der Waals surface area (Å²) in [5.74, 6) is 0.0715. The normalized spacial score (nSPS) is 20.2. The third-order valence-electron chi connectivity index (χ3n) is 4.68. The summed E-state index contributed by atoms with van der Waals surface area (Å²) in [7, 11) is 0. The molecule has 3 heterocycles. The van der Waals surface area contributed by atoms with Crippen LogP contribution in [0.2, 0.25) is 0 Å². The number of amides is 2. The van der Waals surface area contributed by atoms with Crippen molar-refractivity contribution in [3.8, 4) is 0 Å². The third-order valence-corrected chi connectivity index (χ3v) is 6.87. The van der Waals surface area contributed by atoms with Gasteiger partial charge in [0, 0.05) is 16.8 Å². The first-order chi connectivity index (χ1) is 12.2. The molecule has 1 aliphatic carbocycles. The SMILES string of the molecule is O=C(CSc1ncnc2sc3c(c12)CCC3)N[C@@H]1CCCCNC1=O. The number of carbonyl (C=O) groups excluding carboxylic acids is 2. The molecule has 0 aromatic carbocycles. The second-order valence-corrected chi connectivity index (χ2v) is 8.46. The monoisotopic (exact) mass is 376 g/mol. The minimum atomic E-state index is -0.411. The highest BCUT2D eigenvalue weighted by atomic mass is 32.2. The molecule has 2 aromatic rings. The highest BCUT2D eigenvalue weighted by Crippen LogP contribution is 2.39. The lowest BCUT2D eigenvalue weighted by Gasteiger charge is -2.15. The van der Waals surface area contributed by atoms with Gasteiger partial charge in [0.15, 0.2) is 0 Å². The molecular formula is C17H20N4O2S2. The Morgan fingerprint density at radius 2 is 2.24 bits per heavy atom. The van der Waals surface area contributed by atoms with E-state index in [0.717, 1.165) is 40.9 Å². The van der Waals surface area contributed by atoms with Crippen molar-refractivity contribution in [2.45, 2.75) is 49.6 Å². The molecule has 1 saturated heterocycles. The van der Waals surface area contributed by atoms with E-state index in [2.05, 4.69) is 20.6 Å². The highest BCUT2D eigenvalue weighted by Gasteiger charge is 2.24. The third kappa shape index (κ3) is 3.50. The molecular weight excluding hydrogens is 356 g/mol. The van der Waals surface area contributed by atoms with E-state index >= 15 is 0 Å². The lowest BCUT2D eigenvalue weighted by molar-refractivity contribution is -0.127. The number of fused-ring (bicyclic) bond motifs is 3. The molecule has 1 atom stereocenters. The number of rotatable bonds is 4. The molecule has 0 bridgehead atoms. The number of nitrogens with one attached hydrogen (secondary N) is 2. The molecule has 132 valence electrons. The van der Waals surface area contributed by atoms with E-state index in [1.165, 1.54) is 28.6 Å². The van der Waals surface area contributed by atoms with Gasteiger partial charge >= 0.3 is 0 Å². The number of thioether (sulfide) groups is 1. The lowest BCUT2D eigenvalue weighted by atomic mass is 10.1. The van der Waals surface area contributed by atoms with Gasteiger partial charge in [0.2, 0.25) is 11.8 Å². The lowest BCUT2D eigenvalue weighted by Crippen LogP contribution is -2.46. The van der Waals surface area contributed by atoms with Crippen molar-refractivity contribution < 1.29 is 9.59 Å². The molecule has 0 unspecified atom stereocenters. The van der Waals surface area contributed by atoms with Gasteiger partial charge in [-0.05, 0) is 44.1 Å². The maximum atomic E-state index is 12.3. The Morgan fingerprint density at radius 3 is 3.16 bits per heavy atom. The summed E-state index contributed by atoms with van der Waals surface area (Å²) in [5.41, 5.74) is 1.37. The van der Waals surface area contributed by atoms with Crippen molar-refractivity contribution >= 4 is 45.1 Å². The molecule has 0 saturated carbocycles. The van der Waals surface area contributed by atoms with E-state index in [1.807, 2.05) is 0 Å². The number of thiophene rings is 1. The number of aryl methyl sites for hydroxylation is 2. The zero-order valence-corrected chi connectivity index (χ0v) is 15.5. The fourth-order valence-corrected chi connectivity index (χ4v) is 5.59. The first kappa shape index (κ1) is 16.8. The minimum Gasteiger partial charge on any atom is -0.354 e. The van der Waals surface area contributed by atoms with E-state index in [0.29, 0.717) is 13.0 Å². The molecule has 0 radical (unpaired) electrons. The number of hydrogen-bond acceptors (Lipinski definition) is 6. The number of nitrogens with zero attached hydrogens (tertiary/aromatic N) is 2. The summed E-state index contributed by atoms with van der Waals surface area (Å²) < 4.78 is 0. The predicted octanol–water partition coefficient (Wildman–Crippen LogP) is 2.06. The first-order valence-electron chi connectivity index (χ1n) is 8.67. The molecule has 2 aromatic heterocycles. The van der Waals surface area contributed by atoms with Crippen LogP contribution in [0, 0.1) is 0 Å². The zero-order valence-electron chi connectivity index (χ0n) is 13.8. The molecule has 6 nitrogen and oxygen atoms in total. The molecule has 2 N–H and O–H groups in total. The number of hydrogen-bond donors (Lipinski definition) is 2. The Labute approximate surface area is 154 Å². The zero-order chi connectivity index (χ0) is 17.2. The topological polar surface area (TPSA) is 84.0 Å². The van der Waals surface area contributed by atoms with Crippen LogP contribution >= 0.6 is 23.1 Å². The van der Waals surface area contributed by atoms with E-state index in [1.54, 1.807) is 17.7 Å². The van der Waals surface area contributed by atoms with Crippen molar-refractivity contribution in [1.29, 1.82) is 0 Å². The van der Waals surface area contributed by atoms with Crippen LogP contribution in [-0.2, 0) is 22.4 Å². The average Bonchev–Trinajstić information content (AvgIpc) is 3.13. The smallest absolute Gasteiger partial charge is 0.242 e. The molecule has 1 fully saturated rings. The Bertz CT molecular complexity index is 820. The first-order valence-corrected chi connectivity index (χ1v) is 10.5. The second-order valence-electron chi connectivity index (χ2n) is 6.41. The molecule has 25 heavy (non-hydrogen) atoms. The molecule has 2 amide bonds. The fourth-order valence-electron chi connectivity index (χ4n) is 3.46. The maximum Gasteiger partial charge on any atom is 0.242 e. The van der Waals surface area contributed by atoms with Crippen LogP contribution in [0.25, 0.3) is 10.2 Å². The summed E-state index contributed by atoms with van der Waals surface area (Å²) in [4.78, 5) is 35.5. The Kier molecular flexibility index (Phi) is 4.89. The van der Waals surface area contributed by atoms with Gasteiger partial charge in [-0.3, -0.25) is 9.59 Å². The molecule has 1 aliphatic heterocycles. The largest absolute Gasteiger partial charge is 0.354 e. The minimum absolute atomic E-state index is 0.0732. The Balaban J connectivity index is 1.44. The van der Waals surface area contributed by atoms with Gasteiger partial charge in [-0.2, -0.15) is 0 Å². The summed E-state index contributed by atoms with van der Waals surface area (Å²) in [6.07, 6.45) is 7.58.